The Morgan fingerprint density at radius 3 is 2.38 bits per heavy atom. The van der Waals surface area contributed by atoms with E-state index in [1.807, 2.05) is 48.7 Å². The Labute approximate surface area is 141 Å². The van der Waals surface area contributed by atoms with Crippen molar-refractivity contribution in [3.63, 3.8) is 0 Å². The number of hydrogen-bond donors (Lipinski definition) is 0. The lowest BCUT2D eigenvalue weighted by molar-refractivity contribution is 0.315. The highest BCUT2D eigenvalue weighted by atomic mass is 16.5. The van der Waals surface area contributed by atoms with Crippen LogP contribution in [0, 0.1) is 0 Å². The molecule has 0 radical (unpaired) electrons. The second-order valence-electron chi connectivity index (χ2n) is 5.80. The van der Waals surface area contributed by atoms with E-state index in [1.54, 1.807) is 0 Å². The molecule has 4 rings (SSSR count). The number of rotatable bonds is 5. The van der Waals surface area contributed by atoms with Crippen LogP contribution in [0.15, 0.2) is 79.0 Å². The maximum Gasteiger partial charge on any atom is 0.162 e. The molecule has 4 nitrogen and oxygen atoms in total. The summed E-state index contributed by atoms with van der Waals surface area (Å²) in [6.45, 7) is 2.12. The lowest BCUT2D eigenvalue weighted by atomic mass is 10.2. The molecule has 0 saturated heterocycles. The minimum atomic E-state index is 0.508. The lowest BCUT2D eigenvalue weighted by Crippen LogP contribution is -2.33. The number of anilines is 2. The van der Waals surface area contributed by atoms with Crippen LogP contribution in [0.2, 0.25) is 0 Å². The summed E-state index contributed by atoms with van der Waals surface area (Å²) in [7, 11) is 0. The second-order valence-corrected chi connectivity index (χ2v) is 5.80. The Balaban J connectivity index is 1.50. The van der Waals surface area contributed by atoms with E-state index in [0.717, 1.165) is 30.5 Å². The van der Waals surface area contributed by atoms with Gasteiger partial charge in [0.25, 0.3) is 0 Å². The van der Waals surface area contributed by atoms with Gasteiger partial charge in [0.05, 0.1) is 12.4 Å². The number of ether oxygens (including phenoxy) is 1. The van der Waals surface area contributed by atoms with E-state index in [2.05, 4.69) is 45.1 Å². The van der Waals surface area contributed by atoms with Crippen molar-refractivity contribution in [1.29, 1.82) is 0 Å². The number of hydrogen-bond acceptors (Lipinski definition) is 4. The second kappa shape index (κ2) is 6.62. The fourth-order valence-corrected chi connectivity index (χ4v) is 2.94. The molecule has 0 amide bonds. The van der Waals surface area contributed by atoms with E-state index in [-0.39, 0.29) is 0 Å². The Bertz CT molecular complexity index is 792. The van der Waals surface area contributed by atoms with Gasteiger partial charge in [-0.05, 0) is 29.8 Å². The zero-order chi connectivity index (χ0) is 16.2. The van der Waals surface area contributed by atoms with Crippen LogP contribution >= 0.6 is 0 Å². The van der Waals surface area contributed by atoms with Crippen LogP contribution in [0.5, 0.6) is 5.75 Å². The Hall–Kier alpha value is -3.01. The summed E-state index contributed by atoms with van der Waals surface area (Å²) >= 11 is 0. The van der Waals surface area contributed by atoms with Gasteiger partial charge >= 0.3 is 0 Å². The summed E-state index contributed by atoms with van der Waals surface area (Å²) in [6.07, 6.45) is 1.85. The fourth-order valence-electron chi connectivity index (χ4n) is 2.94. The molecule has 3 aromatic rings. The van der Waals surface area contributed by atoms with Crippen molar-refractivity contribution in [3.05, 3.63) is 84.6 Å². The van der Waals surface area contributed by atoms with Gasteiger partial charge in [0, 0.05) is 12.7 Å². The third kappa shape index (κ3) is 3.04. The summed E-state index contributed by atoms with van der Waals surface area (Å²) < 4.78 is 5.92. The van der Waals surface area contributed by atoms with Crippen LogP contribution in [0.1, 0.15) is 5.56 Å². The van der Waals surface area contributed by atoms with E-state index in [0.29, 0.717) is 6.73 Å². The molecule has 2 heterocycles. The van der Waals surface area contributed by atoms with Gasteiger partial charge in [-0.3, -0.25) is 0 Å². The maximum absolute atomic E-state index is 5.92. The molecule has 0 unspecified atom stereocenters. The van der Waals surface area contributed by atoms with Gasteiger partial charge < -0.3 is 14.5 Å². The monoisotopic (exact) mass is 317 g/mol. The largest absolute Gasteiger partial charge is 0.473 e. The third-order valence-corrected chi connectivity index (χ3v) is 4.09. The summed E-state index contributed by atoms with van der Waals surface area (Å²) in [5, 5.41) is 0. The standard InChI is InChI=1S/C20H19N3O/c1-3-8-17(9-4-1)14-22-15-23(19-12-7-13-21-20(19)22)16-24-18-10-5-2-6-11-18/h1-13H,14-16H2. The summed E-state index contributed by atoms with van der Waals surface area (Å²) in [5.41, 5.74) is 2.39. The molecular weight excluding hydrogens is 298 g/mol. The number of fused-ring (bicyclic) bond motifs is 1. The first-order valence-corrected chi connectivity index (χ1v) is 8.07. The van der Waals surface area contributed by atoms with Crippen molar-refractivity contribution in [2.24, 2.45) is 0 Å². The first kappa shape index (κ1) is 14.6. The van der Waals surface area contributed by atoms with Crippen LogP contribution in [-0.4, -0.2) is 18.4 Å². The quantitative estimate of drug-likeness (QED) is 0.713. The summed E-state index contributed by atoms with van der Waals surface area (Å²) in [4.78, 5) is 9.05. The molecule has 1 aliphatic heterocycles. The van der Waals surface area contributed by atoms with E-state index >= 15 is 0 Å². The van der Waals surface area contributed by atoms with Gasteiger partial charge in [-0.15, -0.1) is 0 Å². The molecule has 2 aromatic carbocycles. The lowest BCUT2D eigenvalue weighted by Gasteiger charge is -2.21. The summed E-state index contributed by atoms with van der Waals surface area (Å²) in [6, 6.07) is 24.4. The van der Waals surface area contributed by atoms with Crippen LogP contribution in [0.4, 0.5) is 11.5 Å². The van der Waals surface area contributed by atoms with Crippen LogP contribution in [-0.2, 0) is 6.54 Å². The average Bonchev–Trinajstić information content (AvgIpc) is 3.00. The van der Waals surface area contributed by atoms with E-state index < -0.39 is 0 Å². The van der Waals surface area contributed by atoms with Gasteiger partial charge in [-0.2, -0.15) is 0 Å². The molecule has 24 heavy (non-hydrogen) atoms. The van der Waals surface area contributed by atoms with Crippen molar-refractivity contribution < 1.29 is 4.74 Å². The maximum atomic E-state index is 5.92. The van der Waals surface area contributed by atoms with Crippen molar-refractivity contribution in [2.75, 3.05) is 23.2 Å². The molecule has 1 aliphatic rings. The number of aromatic nitrogens is 1. The fraction of sp³-hybridized carbons (Fsp3) is 0.150. The molecule has 0 spiro atoms. The first-order chi connectivity index (χ1) is 11.9. The number of para-hydroxylation sites is 1. The van der Waals surface area contributed by atoms with E-state index in [1.165, 1.54) is 5.56 Å². The zero-order valence-electron chi connectivity index (χ0n) is 13.4. The number of pyridine rings is 1. The average molecular weight is 317 g/mol. The SMILES string of the molecule is c1ccc(CN2CN(COc3ccccc3)c3cccnc32)cc1. The highest BCUT2D eigenvalue weighted by Gasteiger charge is 2.27. The van der Waals surface area contributed by atoms with E-state index in [4.69, 9.17) is 4.74 Å². The molecule has 0 fully saturated rings. The van der Waals surface area contributed by atoms with Gasteiger partial charge in [-0.1, -0.05) is 48.5 Å². The molecule has 0 aliphatic carbocycles. The molecular formula is C20H19N3O. The number of nitrogens with zero attached hydrogens (tertiary/aromatic N) is 3. The van der Waals surface area contributed by atoms with Gasteiger partial charge in [0.15, 0.2) is 12.5 Å². The minimum absolute atomic E-state index is 0.508. The van der Waals surface area contributed by atoms with Crippen molar-refractivity contribution in [1.82, 2.24) is 4.98 Å². The normalized spacial score (nSPS) is 13.0. The highest BCUT2D eigenvalue weighted by Crippen LogP contribution is 2.34. The van der Waals surface area contributed by atoms with Crippen LogP contribution in [0.3, 0.4) is 0 Å². The Morgan fingerprint density at radius 1 is 0.833 bits per heavy atom. The Morgan fingerprint density at radius 2 is 1.58 bits per heavy atom. The topological polar surface area (TPSA) is 28.6 Å². The molecule has 1 aromatic heterocycles. The minimum Gasteiger partial charge on any atom is -0.473 e. The molecule has 4 heteroatoms. The predicted octanol–water partition coefficient (Wildman–Crippen LogP) is 3.90. The van der Waals surface area contributed by atoms with Crippen molar-refractivity contribution in [3.8, 4) is 5.75 Å². The Kier molecular flexibility index (Phi) is 4.02. The molecule has 0 bridgehead atoms. The van der Waals surface area contributed by atoms with Crippen LogP contribution < -0.4 is 14.5 Å². The smallest absolute Gasteiger partial charge is 0.162 e. The van der Waals surface area contributed by atoms with Crippen LogP contribution in [0.25, 0.3) is 0 Å². The van der Waals surface area contributed by atoms with E-state index in [9.17, 15) is 0 Å². The third-order valence-electron chi connectivity index (χ3n) is 4.09. The molecule has 120 valence electrons. The molecule has 0 saturated carbocycles. The molecule has 0 N–H and O–H groups in total. The first-order valence-electron chi connectivity index (χ1n) is 8.07. The summed E-state index contributed by atoms with van der Waals surface area (Å²) in [5.74, 6) is 1.89. The van der Waals surface area contributed by atoms with Gasteiger partial charge in [0.2, 0.25) is 0 Å². The highest BCUT2D eigenvalue weighted by molar-refractivity contribution is 5.72. The number of benzene rings is 2. The van der Waals surface area contributed by atoms with Crippen molar-refractivity contribution in [2.45, 2.75) is 6.54 Å². The predicted molar refractivity (Wildman–Crippen MR) is 96.1 cm³/mol. The zero-order valence-corrected chi connectivity index (χ0v) is 13.4. The van der Waals surface area contributed by atoms with Gasteiger partial charge in [-0.25, -0.2) is 4.98 Å². The molecule has 0 atom stereocenters. The van der Waals surface area contributed by atoms with Crippen molar-refractivity contribution >= 4 is 11.5 Å². The van der Waals surface area contributed by atoms with Gasteiger partial charge in [0.1, 0.15) is 5.75 Å².